The summed E-state index contributed by atoms with van der Waals surface area (Å²) in [5.74, 6) is -3.36. The van der Waals surface area contributed by atoms with Gasteiger partial charge in [0.2, 0.25) is 0 Å². The van der Waals surface area contributed by atoms with E-state index in [0.717, 1.165) is 12.1 Å². The average molecular weight is 376 g/mol. The van der Waals surface area contributed by atoms with Gasteiger partial charge in [0.1, 0.15) is 5.75 Å². The molecule has 0 atom stereocenters. The van der Waals surface area contributed by atoms with E-state index in [-0.39, 0.29) is 28.5 Å². The normalized spacial score (nSPS) is 13.3. The molecular formula is C19H12ClF2NO3. The van der Waals surface area contributed by atoms with Crippen molar-refractivity contribution in [3.63, 3.8) is 0 Å². The van der Waals surface area contributed by atoms with E-state index in [1.807, 2.05) is 0 Å². The van der Waals surface area contributed by atoms with Crippen molar-refractivity contribution in [3.8, 4) is 11.5 Å². The van der Waals surface area contributed by atoms with Crippen LogP contribution < -0.4 is 10.1 Å². The number of nitrogens with one attached hydrogen (secondary N) is 1. The Kier molecular flexibility index (Phi) is 5.14. The number of hydrogen-bond acceptors (Lipinski definition) is 3. The fraction of sp³-hybridized carbons (Fsp3) is 0.0526. The first kappa shape index (κ1) is 17.8. The van der Waals surface area contributed by atoms with Crippen LogP contribution >= 0.6 is 11.6 Å². The Morgan fingerprint density at radius 2 is 1.88 bits per heavy atom. The monoisotopic (exact) mass is 375 g/mol. The second-order valence-corrected chi connectivity index (χ2v) is 5.86. The molecule has 0 spiro atoms. The van der Waals surface area contributed by atoms with Crippen molar-refractivity contribution in [2.75, 3.05) is 0 Å². The van der Waals surface area contributed by atoms with Crippen molar-refractivity contribution in [2.24, 2.45) is 0 Å². The molecule has 3 rings (SSSR count). The van der Waals surface area contributed by atoms with Gasteiger partial charge >= 0.3 is 0 Å². The molecule has 0 fully saturated rings. The van der Waals surface area contributed by atoms with Gasteiger partial charge in [0.05, 0.1) is 5.56 Å². The molecule has 0 saturated carbocycles. The van der Waals surface area contributed by atoms with Gasteiger partial charge in [-0.05, 0) is 30.3 Å². The number of amides is 1. The lowest BCUT2D eigenvalue weighted by molar-refractivity contribution is -0.113. The Morgan fingerprint density at radius 3 is 2.58 bits per heavy atom. The largest absolute Gasteiger partial charge is 0.450 e. The summed E-state index contributed by atoms with van der Waals surface area (Å²) in [4.78, 5) is 23.9. The zero-order chi connectivity index (χ0) is 18.7. The highest BCUT2D eigenvalue weighted by Gasteiger charge is 2.19. The quantitative estimate of drug-likeness (QED) is 0.852. The van der Waals surface area contributed by atoms with Crippen molar-refractivity contribution in [2.45, 2.75) is 6.42 Å². The maximum Gasteiger partial charge on any atom is 0.259 e. The van der Waals surface area contributed by atoms with Crippen LogP contribution in [0.3, 0.4) is 0 Å². The molecule has 2 aromatic carbocycles. The van der Waals surface area contributed by atoms with E-state index in [4.69, 9.17) is 16.3 Å². The maximum atomic E-state index is 13.8. The molecule has 1 N–H and O–H groups in total. The molecule has 1 amide bonds. The average Bonchev–Trinajstić information content (AvgIpc) is 2.58. The minimum Gasteiger partial charge on any atom is -0.450 e. The Hall–Kier alpha value is -2.99. The molecule has 0 heterocycles. The molecule has 0 unspecified atom stereocenters. The summed E-state index contributed by atoms with van der Waals surface area (Å²) in [5.41, 5.74) is 0.314. The van der Waals surface area contributed by atoms with Crippen LogP contribution in [0.1, 0.15) is 16.8 Å². The van der Waals surface area contributed by atoms with E-state index in [1.165, 1.54) is 30.3 Å². The number of para-hydroxylation sites is 1. The van der Waals surface area contributed by atoms with E-state index >= 15 is 0 Å². The van der Waals surface area contributed by atoms with Crippen molar-refractivity contribution in [3.05, 3.63) is 82.5 Å². The van der Waals surface area contributed by atoms with Crippen molar-refractivity contribution in [1.82, 2.24) is 5.32 Å². The number of benzene rings is 2. The Balaban J connectivity index is 1.92. The third-order valence-corrected chi connectivity index (χ3v) is 3.75. The molecular weight excluding hydrogens is 364 g/mol. The van der Waals surface area contributed by atoms with E-state index in [0.29, 0.717) is 5.70 Å². The summed E-state index contributed by atoms with van der Waals surface area (Å²) in [5, 5.41) is 2.77. The standard InChI is InChI=1S/C19H12ClF2NO3/c20-11-7-8-14(19(25)23-12-3-1-4-13(24)10-12)17(9-11)26-18-15(21)5-2-6-16(18)22/h1-3,5-10H,4H2,(H,23,25). The number of carbonyl (C=O) groups excluding carboxylic acids is 2. The topological polar surface area (TPSA) is 55.4 Å². The van der Waals surface area contributed by atoms with Gasteiger partial charge in [-0.1, -0.05) is 23.7 Å². The molecule has 4 nitrogen and oxygen atoms in total. The summed E-state index contributed by atoms with van der Waals surface area (Å²) in [6, 6.07) is 7.34. The van der Waals surface area contributed by atoms with Crippen LogP contribution in [-0.2, 0) is 4.79 Å². The molecule has 26 heavy (non-hydrogen) atoms. The Labute approximate surface area is 152 Å². The molecule has 7 heteroatoms. The first-order chi connectivity index (χ1) is 12.4. The molecule has 0 aliphatic heterocycles. The number of carbonyl (C=O) groups is 2. The number of hydrogen-bond donors (Lipinski definition) is 1. The smallest absolute Gasteiger partial charge is 0.259 e. The van der Waals surface area contributed by atoms with Gasteiger partial charge in [0.25, 0.3) is 5.91 Å². The minimum absolute atomic E-state index is 0.00405. The van der Waals surface area contributed by atoms with Crippen LogP contribution in [0.2, 0.25) is 5.02 Å². The summed E-state index contributed by atoms with van der Waals surface area (Å²) in [6.07, 6.45) is 4.77. The molecule has 2 aromatic rings. The van der Waals surface area contributed by atoms with Crippen molar-refractivity contribution in [1.29, 1.82) is 0 Å². The van der Waals surface area contributed by atoms with E-state index < -0.39 is 23.3 Å². The molecule has 0 bridgehead atoms. The third kappa shape index (κ3) is 3.97. The van der Waals surface area contributed by atoms with Crippen molar-refractivity contribution < 1.29 is 23.1 Å². The Morgan fingerprint density at radius 1 is 1.15 bits per heavy atom. The first-order valence-electron chi connectivity index (χ1n) is 7.58. The van der Waals surface area contributed by atoms with E-state index in [2.05, 4.69) is 5.32 Å². The zero-order valence-electron chi connectivity index (χ0n) is 13.3. The summed E-state index contributed by atoms with van der Waals surface area (Å²) >= 11 is 5.91. The van der Waals surface area contributed by atoms with Crippen LogP contribution in [0.4, 0.5) is 8.78 Å². The second-order valence-electron chi connectivity index (χ2n) is 5.42. The lowest BCUT2D eigenvalue weighted by atomic mass is 10.1. The van der Waals surface area contributed by atoms with Gasteiger partial charge in [0.15, 0.2) is 23.2 Å². The predicted octanol–water partition coefficient (Wildman–Crippen LogP) is 4.55. The molecule has 1 aliphatic carbocycles. The highest BCUT2D eigenvalue weighted by Crippen LogP contribution is 2.32. The summed E-state index contributed by atoms with van der Waals surface area (Å²) in [6.45, 7) is 0. The van der Waals surface area contributed by atoms with Crippen LogP contribution in [0.15, 0.2) is 60.3 Å². The highest BCUT2D eigenvalue weighted by molar-refractivity contribution is 6.30. The number of rotatable bonds is 4. The maximum absolute atomic E-state index is 13.8. The predicted molar refractivity (Wildman–Crippen MR) is 92.2 cm³/mol. The minimum atomic E-state index is -0.917. The van der Waals surface area contributed by atoms with Crippen LogP contribution in [0, 0.1) is 11.6 Å². The third-order valence-electron chi connectivity index (χ3n) is 3.51. The lowest BCUT2D eigenvalue weighted by Crippen LogP contribution is -2.24. The van der Waals surface area contributed by atoms with Gasteiger partial charge in [-0.3, -0.25) is 9.59 Å². The summed E-state index contributed by atoms with van der Waals surface area (Å²) < 4.78 is 32.9. The highest BCUT2D eigenvalue weighted by atomic mass is 35.5. The van der Waals surface area contributed by atoms with Crippen LogP contribution in [0.25, 0.3) is 0 Å². The fourth-order valence-corrected chi connectivity index (χ4v) is 2.48. The van der Waals surface area contributed by atoms with Crippen molar-refractivity contribution >= 4 is 23.3 Å². The zero-order valence-corrected chi connectivity index (χ0v) is 14.0. The molecule has 0 saturated heterocycles. The van der Waals surface area contributed by atoms with Gasteiger partial charge in [-0.2, -0.15) is 0 Å². The molecule has 0 radical (unpaired) electrons. The molecule has 132 valence electrons. The van der Waals surface area contributed by atoms with E-state index in [9.17, 15) is 18.4 Å². The Bertz CT molecular complexity index is 934. The van der Waals surface area contributed by atoms with Crippen LogP contribution in [-0.4, -0.2) is 11.7 Å². The number of allylic oxidation sites excluding steroid dienone is 3. The molecule has 1 aliphatic rings. The SMILES string of the molecule is O=C1C=C(NC(=O)c2ccc(Cl)cc2Oc2c(F)cccc2F)C=CC1. The molecule has 0 aromatic heterocycles. The van der Waals surface area contributed by atoms with E-state index in [1.54, 1.807) is 12.2 Å². The number of ether oxygens (including phenoxy) is 1. The second kappa shape index (κ2) is 7.49. The van der Waals surface area contributed by atoms with Gasteiger partial charge < -0.3 is 10.1 Å². The number of ketones is 1. The van der Waals surface area contributed by atoms with Gasteiger partial charge in [0, 0.05) is 29.3 Å². The fourth-order valence-electron chi connectivity index (χ4n) is 2.32. The van der Waals surface area contributed by atoms with Gasteiger partial charge in [-0.15, -0.1) is 0 Å². The lowest BCUT2D eigenvalue weighted by Gasteiger charge is -2.14. The van der Waals surface area contributed by atoms with Crippen LogP contribution in [0.5, 0.6) is 11.5 Å². The van der Waals surface area contributed by atoms with Gasteiger partial charge in [-0.25, -0.2) is 8.78 Å². The number of halogens is 3. The summed E-state index contributed by atoms with van der Waals surface area (Å²) in [7, 11) is 0. The first-order valence-corrected chi connectivity index (χ1v) is 7.95.